The van der Waals surface area contributed by atoms with Crippen LogP contribution in [0.5, 0.6) is 0 Å². The summed E-state index contributed by atoms with van der Waals surface area (Å²) in [5, 5.41) is 0. The van der Waals surface area contributed by atoms with Crippen LogP contribution in [0.1, 0.15) is 33.1 Å². The average Bonchev–Trinajstić information content (AvgIpc) is 2.80. The molecule has 0 N–H and O–H groups in total. The summed E-state index contributed by atoms with van der Waals surface area (Å²) in [6.07, 6.45) is 1.94. The molecule has 3 aliphatic rings. The van der Waals surface area contributed by atoms with Crippen molar-refractivity contribution < 1.29 is 19.1 Å². The van der Waals surface area contributed by atoms with E-state index in [1.54, 1.807) is 6.92 Å². The Morgan fingerprint density at radius 2 is 1.76 bits per heavy atom. The van der Waals surface area contributed by atoms with Crippen molar-refractivity contribution in [1.82, 2.24) is 14.7 Å². The normalized spacial score (nSPS) is 28.6. The first kappa shape index (κ1) is 18.2. The van der Waals surface area contributed by atoms with Crippen LogP contribution in [0.15, 0.2) is 0 Å². The van der Waals surface area contributed by atoms with Gasteiger partial charge in [-0.05, 0) is 19.8 Å². The van der Waals surface area contributed by atoms with Crippen LogP contribution in [0.3, 0.4) is 0 Å². The van der Waals surface area contributed by atoms with Gasteiger partial charge in [-0.3, -0.25) is 14.4 Å². The molecule has 0 aliphatic carbocycles. The average molecular weight is 351 g/mol. The molecule has 0 saturated carbocycles. The fourth-order valence-corrected chi connectivity index (χ4v) is 4.40. The predicted molar refractivity (Wildman–Crippen MR) is 91.7 cm³/mol. The van der Waals surface area contributed by atoms with Gasteiger partial charge in [0.05, 0.1) is 0 Å². The summed E-state index contributed by atoms with van der Waals surface area (Å²) in [5.74, 6) is 0.318. The molecule has 3 saturated heterocycles. The highest BCUT2D eigenvalue weighted by atomic mass is 16.5. The number of ether oxygens (including phenoxy) is 1. The fourth-order valence-electron chi connectivity index (χ4n) is 4.40. The van der Waals surface area contributed by atoms with Crippen LogP contribution < -0.4 is 0 Å². The maximum absolute atomic E-state index is 13.0. The van der Waals surface area contributed by atoms with Crippen LogP contribution in [0.25, 0.3) is 0 Å². The molecule has 1 spiro atoms. The number of carbonyl (C=O) groups excluding carboxylic acids is 3. The quantitative estimate of drug-likeness (QED) is 0.719. The largest absolute Gasteiger partial charge is 0.381 e. The summed E-state index contributed by atoms with van der Waals surface area (Å²) >= 11 is 0. The summed E-state index contributed by atoms with van der Waals surface area (Å²) in [6.45, 7) is 8.34. The molecule has 0 radical (unpaired) electrons. The van der Waals surface area contributed by atoms with E-state index in [0.717, 1.165) is 12.8 Å². The van der Waals surface area contributed by atoms with Gasteiger partial charge in [0.1, 0.15) is 0 Å². The van der Waals surface area contributed by atoms with E-state index in [-0.39, 0.29) is 29.1 Å². The molecule has 3 rings (SSSR count). The van der Waals surface area contributed by atoms with Gasteiger partial charge in [0.15, 0.2) is 0 Å². The molecule has 25 heavy (non-hydrogen) atoms. The second-order valence-electron chi connectivity index (χ2n) is 7.67. The van der Waals surface area contributed by atoms with E-state index in [4.69, 9.17) is 4.74 Å². The van der Waals surface area contributed by atoms with E-state index in [9.17, 15) is 14.4 Å². The van der Waals surface area contributed by atoms with Crippen LogP contribution in [0.4, 0.5) is 0 Å². The molecule has 3 heterocycles. The third-order valence-electron chi connectivity index (χ3n) is 5.81. The molecule has 3 aliphatic heterocycles. The van der Waals surface area contributed by atoms with E-state index in [0.29, 0.717) is 58.9 Å². The minimum atomic E-state index is -0.337. The highest BCUT2D eigenvalue weighted by molar-refractivity contribution is 5.82. The Morgan fingerprint density at radius 1 is 1.12 bits per heavy atom. The van der Waals surface area contributed by atoms with Crippen molar-refractivity contribution in [2.75, 3.05) is 52.5 Å². The molecule has 3 fully saturated rings. The summed E-state index contributed by atoms with van der Waals surface area (Å²) in [5.41, 5.74) is -0.337. The lowest BCUT2D eigenvalue weighted by atomic mass is 9.85. The van der Waals surface area contributed by atoms with Crippen molar-refractivity contribution in [3.05, 3.63) is 0 Å². The van der Waals surface area contributed by atoms with Crippen molar-refractivity contribution in [1.29, 1.82) is 0 Å². The number of carbonyl (C=O) groups is 3. The fraction of sp³-hybridized carbons (Fsp3) is 0.833. The number of amides is 3. The van der Waals surface area contributed by atoms with Gasteiger partial charge in [0.25, 0.3) is 0 Å². The Balaban J connectivity index is 1.80. The number of likely N-dealkylation sites (tertiary alicyclic amines) is 1. The van der Waals surface area contributed by atoms with Gasteiger partial charge in [0, 0.05) is 77.2 Å². The van der Waals surface area contributed by atoms with Crippen molar-refractivity contribution >= 4 is 17.7 Å². The zero-order valence-electron chi connectivity index (χ0n) is 15.3. The number of hydrogen-bond donors (Lipinski definition) is 0. The summed E-state index contributed by atoms with van der Waals surface area (Å²) in [7, 11) is 0. The van der Waals surface area contributed by atoms with Crippen LogP contribution in [0, 0.1) is 11.3 Å². The molecule has 0 aromatic carbocycles. The molecule has 0 bridgehead atoms. The first-order chi connectivity index (χ1) is 11.9. The van der Waals surface area contributed by atoms with Gasteiger partial charge in [-0.2, -0.15) is 0 Å². The molecule has 0 unspecified atom stereocenters. The zero-order chi connectivity index (χ0) is 18.0. The van der Waals surface area contributed by atoms with Gasteiger partial charge in [0.2, 0.25) is 17.7 Å². The third kappa shape index (κ3) is 3.81. The van der Waals surface area contributed by atoms with Crippen molar-refractivity contribution in [3.63, 3.8) is 0 Å². The van der Waals surface area contributed by atoms with E-state index in [1.807, 2.05) is 21.6 Å². The summed E-state index contributed by atoms with van der Waals surface area (Å²) in [4.78, 5) is 42.9. The second kappa shape index (κ2) is 7.32. The molecule has 1 atom stereocenters. The molecular formula is C18H29N3O4. The number of hydrogen-bond acceptors (Lipinski definition) is 4. The third-order valence-corrected chi connectivity index (χ3v) is 5.81. The smallest absolute Gasteiger partial charge is 0.225 e. The highest BCUT2D eigenvalue weighted by Crippen LogP contribution is 2.35. The van der Waals surface area contributed by atoms with Crippen LogP contribution >= 0.6 is 0 Å². The maximum atomic E-state index is 13.0. The van der Waals surface area contributed by atoms with E-state index in [1.165, 1.54) is 0 Å². The Bertz CT molecular complexity index is 546. The Labute approximate surface area is 149 Å². The molecular weight excluding hydrogens is 322 g/mol. The standard InChI is InChI=1S/C18H29N3O4/c1-3-19-11-18(10-16(19)23)12-20(14(2)22)6-7-21(13-18)17(24)15-4-8-25-9-5-15/h15H,3-13H2,1-2H3/t18-/m1/s1. The Hall–Kier alpha value is -1.63. The Morgan fingerprint density at radius 3 is 2.36 bits per heavy atom. The van der Waals surface area contributed by atoms with Crippen LogP contribution in [0.2, 0.25) is 0 Å². The zero-order valence-corrected chi connectivity index (χ0v) is 15.3. The summed E-state index contributed by atoms with van der Waals surface area (Å²) < 4.78 is 5.37. The molecule has 3 amide bonds. The van der Waals surface area contributed by atoms with Gasteiger partial charge >= 0.3 is 0 Å². The number of rotatable bonds is 2. The molecule has 7 heteroatoms. The second-order valence-corrected chi connectivity index (χ2v) is 7.67. The first-order valence-electron chi connectivity index (χ1n) is 9.34. The van der Waals surface area contributed by atoms with Gasteiger partial charge < -0.3 is 19.4 Å². The Kier molecular flexibility index (Phi) is 5.32. The van der Waals surface area contributed by atoms with Crippen LogP contribution in [-0.2, 0) is 19.1 Å². The SMILES string of the molecule is CCN1C[C@]2(CC1=O)CN(C(C)=O)CCN(C(=O)C1CCOCC1)C2. The minimum absolute atomic E-state index is 0.00839. The molecule has 140 valence electrons. The van der Waals surface area contributed by atoms with Crippen molar-refractivity contribution in [2.45, 2.75) is 33.1 Å². The molecule has 0 aromatic heterocycles. The molecule has 0 aromatic rings. The van der Waals surface area contributed by atoms with Gasteiger partial charge in [-0.25, -0.2) is 0 Å². The first-order valence-corrected chi connectivity index (χ1v) is 9.34. The lowest BCUT2D eigenvalue weighted by Crippen LogP contribution is -2.47. The van der Waals surface area contributed by atoms with Gasteiger partial charge in [-0.1, -0.05) is 0 Å². The van der Waals surface area contributed by atoms with Crippen LogP contribution in [-0.4, -0.2) is 84.9 Å². The lowest BCUT2D eigenvalue weighted by Gasteiger charge is -2.35. The van der Waals surface area contributed by atoms with E-state index >= 15 is 0 Å². The highest BCUT2D eigenvalue weighted by Gasteiger charge is 2.47. The monoisotopic (exact) mass is 351 g/mol. The minimum Gasteiger partial charge on any atom is -0.381 e. The number of nitrogens with zero attached hydrogens (tertiary/aromatic N) is 3. The van der Waals surface area contributed by atoms with E-state index in [2.05, 4.69) is 0 Å². The van der Waals surface area contributed by atoms with Crippen molar-refractivity contribution in [3.8, 4) is 0 Å². The predicted octanol–water partition coefficient (Wildman–Crippen LogP) is 0.342. The van der Waals surface area contributed by atoms with Gasteiger partial charge in [-0.15, -0.1) is 0 Å². The van der Waals surface area contributed by atoms with E-state index < -0.39 is 0 Å². The summed E-state index contributed by atoms with van der Waals surface area (Å²) in [6, 6.07) is 0. The molecule has 7 nitrogen and oxygen atoms in total. The lowest BCUT2D eigenvalue weighted by molar-refractivity contribution is -0.139. The van der Waals surface area contributed by atoms with Crippen molar-refractivity contribution in [2.24, 2.45) is 11.3 Å². The topological polar surface area (TPSA) is 70.2 Å². The maximum Gasteiger partial charge on any atom is 0.225 e.